The lowest BCUT2D eigenvalue weighted by Crippen LogP contribution is -2.53. The predicted octanol–water partition coefficient (Wildman–Crippen LogP) is 2.95. The average molecular weight is 820 g/mol. The third kappa shape index (κ3) is 9.36. The van der Waals surface area contributed by atoms with Crippen molar-refractivity contribution in [2.24, 2.45) is 12.8 Å². The zero-order valence-corrected chi connectivity index (χ0v) is 34.2. The molecule has 0 spiro atoms. The van der Waals surface area contributed by atoms with Crippen LogP contribution in [0, 0.1) is 0 Å². The SMILES string of the molecule is C[C@@H](OCc1ccc(CCCNC(=O)CCc2ccc3c(c2)n(C)c(=O)n3C2CCC(=O)NC2=O)cc1)[C@H](CCC(N)=O)NC(=O)[C@@H]1Cc2cccc3c2N1C(=O)CCC3. The zero-order chi connectivity index (χ0) is 42.5. The summed E-state index contributed by atoms with van der Waals surface area (Å²) in [7, 11) is 1.64. The molecule has 0 aliphatic carbocycles. The lowest BCUT2D eigenvalue weighted by molar-refractivity contribution is -0.136. The number of imidazole rings is 1. The summed E-state index contributed by atoms with van der Waals surface area (Å²) in [6.45, 7) is 2.67. The number of rotatable bonds is 17. The minimum Gasteiger partial charge on any atom is -0.372 e. The molecule has 6 amide bonds. The number of nitrogens with two attached hydrogens (primary N) is 1. The fourth-order valence-corrected chi connectivity index (χ4v) is 8.64. The number of nitrogens with zero attached hydrogens (tertiary/aromatic N) is 3. The topological polar surface area (TPSA) is 204 Å². The number of para-hydroxylation sites is 1. The summed E-state index contributed by atoms with van der Waals surface area (Å²) >= 11 is 0. The van der Waals surface area contributed by atoms with Crippen molar-refractivity contribution < 1.29 is 33.5 Å². The third-order valence-electron chi connectivity index (χ3n) is 12.0. The molecule has 5 N–H and O–H groups in total. The number of hydrogen-bond acceptors (Lipinski definition) is 8. The number of carbonyl (C=O) groups is 6. The Labute approximate surface area is 348 Å². The van der Waals surface area contributed by atoms with Gasteiger partial charge in [-0.05, 0) is 91.8 Å². The molecule has 316 valence electrons. The maximum absolute atomic E-state index is 13.8. The molecule has 60 heavy (non-hydrogen) atoms. The number of imide groups is 1. The molecule has 3 aromatic carbocycles. The molecule has 3 aliphatic rings. The number of amides is 6. The molecule has 3 aliphatic heterocycles. The Kier molecular flexibility index (Phi) is 12.9. The second kappa shape index (κ2) is 18.4. The van der Waals surface area contributed by atoms with E-state index in [2.05, 4.69) is 16.0 Å². The van der Waals surface area contributed by atoms with Crippen molar-refractivity contribution in [3.8, 4) is 0 Å². The van der Waals surface area contributed by atoms with Crippen molar-refractivity contribution >= 4 is 52.2 Å². The maximum atomic E-state index is 13.8. The molecule has 0 bridgehead atoms. The molecule has 4 aromatic rings. The highest BCUT2D eigenvalue weighted by Gasteiger charge is 2.41. The van der Waals surface area contributed by atoms with E-state index < -0.39 is 36.0 Å². The van der Waals surface area contributed by atoms with Crippen LogP contribution in [0.4, 0.5) is 5.69 Å². The zero-order valence-electron chi connectivity index (χ0n) is 34.2. The molecule has 15 heteroatoms. The number of ether oxygens (including phenoxy) is 1. The molecule has 0 radical (unpaired) electrons. The number of aryl methyl sites for hydroxylation is 4. The van der Waals surface area contributed by atoms with E-state index in [0.29, 0.717) is 43.3 Å². The van der Waals surface area contributed by atoms with Gasteiger partial charge in [-0.25, -0.2) is 4.79 Å². The summed E-state index contributed by atoms with van der Waals surface area (Å²) in [5, 5.41) is 8.40. The van der Waals surface area contributed by atoms with Crippen molar-refractivity contribution in [1.29, 1.82) is 0 Å². The van der Waals surface area contributed by atoms with E-state index in [9.17, 15) is 33.6 Å². The first-order valence-corrected chi connectivity index (χ1v) is 20.9. The summed E-state index contributed by atoms with van der Waals surface area (Å²) in [5.41, 5.74) is 12.3. The number of carbonyl (C=O) groups excluding carboxylic acids is 6. The Balaban J connectivity index is 0.852. The van der Waals surface area contributed by atoms with E-state index >= 15 is 0 Å². The first-order chi connectivity index (χ1) is 28.9. The number of benzene rings is 3. The van der Waals surface area contributed by atoms with Crippen molar-refractivity contribution in [2.75, 3.05) is 11.4 Å². The van der Waals surface area contributed by atoms with Gasteiger partial charge in [-0.1, -0.05) is 48.5 Å². The Morgan fingerprint density at radius 2 is 1.65 bits per heavy atom. The average Bonchev–Trinajstić information content (AvgIpc) is 3.68. The molecular weight excluding hydrogens is 767 g/mol. The summed E-state index contributed by atoms with van der Waals surface area (Å²) in [6.07, 6.45) is 5.01. The van der Waals surface area contributed by atoms with E-state index in [1.54, 1.807) is 18.0 Å². The number of primary amides is 1. The van der Waals surface area contributed by atoms with E-state index in [4.69, 9.17) is 10.5 Å². The van der Waals surface area contributed by atoms with Crippen LogP contribution in [0.2, 0.25) is 0 Å². The monoisotopic (exact) mass is 819 g/mol. The normalized spacial score (nSPS) is 18.4. The Hall–Kier alpha value is -6.09. The van der Waals surface area contributed by atoms with Crippen LogP contribution in [0.15, 0.2) is 65.5 Å². The third-order valence-corrected chi connectivity index (χ3v) is 12.0. The van der Waals surface area contributed by atoms with E-state index in [1.807, 2.05) is 61.5 Å². The molecule has 7 rings (SSSR count). The van der Waals surface area contributed by atoms with Crippen LogP contribution >= 0.6 is 0 Å². The minimum absolute atomic E-state index is 0.0500. The van der Waals surface area contributed by atoms with E-state index in [1.165, 1.54) is 9.13 Å². The van der Waals surface area contributed by atoms with Crippen LogP contribution in [-0.2, 0) is 72.8 Å². The lowest BCUT2D eigenvalue weighted by Gasteiger charge is -2.29. The van der Waals surface area contributed by atoms with Crippen molar-refractivity contribution in [1.82, 2.24) is 25.1 Å². The Morgan fingerprint density at radius 3 is 2.42 bits per heavy atom. The Morgan fingerprint density at radius 1 is 0.900 bits per heavy atom. The van der Waals surface area contributed by atoms with Crippen LogP contribution in [0.3, 0.4) is 0 Å². The van der Waals surface area contributed by atoms with E-state index in [0.717, 1.165) is 59.2 Å². The standard InChI is InChI=1S/C45H53N7O8/c1-27(33(17-20-38(46)53)48-44(58)37-25-32-9-3-7-31-8-4-10-41(56)52(37)42(31)32)60-26-30-13-11-28(12-14-30)6-5-23-47-39(54)21-16-29-15-18-34-36(24-29)50(2)45(59)51(34)35-19-22-40(55)49-43(35)57/h3,7,9,11-15,18,24,27,33,35,37H,4-6,8,10,16-17,19-23,25-26H2,1-2H3,(H2,46,53)(H,47,54)(H,48,58)(H,49,55,57)/t27-,33+,35?,37+/m1/s1. The highest BCUT2D eigenvalue weighted by Crippen LogP contribution is 2.39. The molecule has 0 saturated carbocycles. The molecule has 1 unspecified atom stereocenters. The van der Waals surface area contributed by atoms with Gasteiger partial charge < -0.3 is 21.1 Å². The number of fused-ring (bicyclic) bond motifs is 1. The van der Waals surface area contributed by atoms with Crippen molar-refractivity contribution in [3.05, 3.63) is 99.0 Å². The van der Waals surface area contributed by atoms with Gasteiger partial charge in [-0.3, -0.25) is 48.1 Å². The first-order valence-electron chi connectivity index (χ1n) is 20.9. The van der Waals surface area contributed by atoms with Crippen LogP contribution in [0.25, 0.3) is 11.0 Å². The number of piperidine rings is 1. The molecule has 4 heterocycles. The summed E-state index contributed by atoms with van der Waals surface area (Å²) in [5.74, 6) is -1.69. The molecule has 1 aromatic heterocycles. The fourth-order valence-electron chi connectivity index (χ4n) is 8.64. The quantitative estimate of drug-likeness (QED) is 0.0920. The second-order valence-electron chi connectivity index (χ2n) is 16.2. The first kappa shape index (κ1) is 42.0. The van der Waals surface area contributed by atoms with Crippen LogP contribution < -0.4 is 32.3 Å². The van der Waals surface area contributed by atoms with Gasteiger partial charge in [0.15, 0.2) is 0 Å². The lowest BCUT2D eigenvalue weighted by atomic mass is 10.0. The number of hydrogen-bond donors (Lipinski definition) is 4. The van der Waals surface area contributed by atoms with E-state index in [-0.39, 0.29) is 61.6 Å². The van der Waals surface area contributed by atoms with Crippen molar-refractivity contribution in [2.45, 2.75) is 115 Å². The van der Waals surface area contributed by atoms with Gasteiger partial charge in [0.1, 0.15) is 12.1 Å². The smallest absolute Gasteiger partial charge is 0.329 e. The summed E-state index contributed by atoms with van der Waals surface area (Å²) in [4.78, 5) is 90.2. The Bertz CT molecular complexity index is 2370. The second-order valence-corrected chi connectivity index (χ2v) is 16.2. The maximum Gasteiger partial charge on any atom is 0.329 e. The van der Waals surface area contributed by atoms with Crippen molar-refractivity contribution in [3.63, 3.8) is 0 Å². The number of aromatic nitrogens is 2. The van der Waals surface area contributed by atoms with Gasteiger partial charge in [0.25, 0.3) is 0 Å². The molecule has 15 nitrogen and oxygen atoms in total. The van der Waals surface area contributed by atoms with Gasteiger partial charge in [-0.2, -0.15) is 0 Å². The number of anilines is 1. The van der Waals surface area contributed by atoms with Crippen LogP contribution in [0.1, 0.15) is 92.1 Å². The molecule has 1 fully saturated rings. The van der Waals surface area contributed by atoms with Gasteiger partial charge in [0.2, 0.25) is 35.4 Å². The largest absolute Gasteiger partial charge is 0.372 e. The minimum atomic E-state index is -0.751. The highest BCUT2D eigenvalue weighted by molar-refractivity contribution is 6.05. The van der Waals surface area contributed by atoms with Gasteiger partial charge >= 0.3 is 5.69 Å². The van der Waals surface area contributed by atoms with Gasteiger partial charge in [0.05, 0.1) is 35.5 Å². The molecule has 1 saturated heterocycles. The van der Waals surface area contributed by atoms with Gasteiger partial charge in [0, 0.05) is 45.7 Å². The summed E-state index contributed by atoms with van der Waals surface area (Å²) < 4.78 is 9.15. The summed E-state index contributed by atoms with van der Waals surface area (Å²) in [6, 6.07) is 17.6. The molecule has 4 atom stereocenters. The number of nitrogens with one attached hydrogen (secondary N) is 3. The fraction of sp³-hybridized carbons (Fsp3) is 0.444. The highest BCUT2D eigenvalue weighted by atomic mass is 16.5. The van der Waals surface area contributed by atoms with Crippen LogP contribution in [-0.4, -0.2) is 69.3 Å². The van der Waals surface area contributed by atoms with Crippen LogP contribution in [0.5, 0.6) is 0 Å². The van der Waals surface area contributed by atoms with Gasteiger partial charge in [-0.15, -0.1) is 0 Å². The predicted molar refractivity (Wildman–Crippen MR) is 224 cm³/mol. The molecular formula is C45H53N7O8.